The molecule has 0 spiro atoms. The van der Waals surface area contributed by atoms with E-state index in [1.54, 1.807) is 6.92 Å². The number of rotatable bonds is 2. The van der Waals surface area contributed by atoms with Gasteiger partial charge in [0.2, 0.25) is 0 Å². The van der Waals surface area contributed by atoms with Crippen molar-refractivity contribution in [1.82, 2.24) is 0 Å². The number of benzene rings is 1. The summed E-state index contributed by atoms with van der Waals surface area (Å²) in [6.07, 6.45) is 0.442. The molecule has 0 aliphatic carbocycles. The van der Waals surface area contributed by atoms with Crippen LogP contribution in [0.3, 0.4) is 0 Å². The molecule has 1 unspecified atom stereocenters. The summed E-state index contributed by atoms with van der Waals surface area (Å²) < 4.78 is 9.76. The molecule has 0 fully saturated rings. The van der Waals surface area contributed by atoms with Crippen LogP contribution in [0.1, 0.15) is 17.3 Å². The Hall–Kier alpha value is -1.52. The highest BCUT2D eigenvalue weighted by atomic mass is 35.5. The second-order valence-electron chi connectivity index (χ2n) is 3.66. The van der Waals surface area contributed by atoms with Crippen molar-refractivity contribution in [1.29, 1.82) is 0 Å². The van der Waals surface area contributed by atoms with Crippen LogP contribution in [0.15, 0.2) is 29.8 Å². The third-order valence-corrected chi connectivity index (χ3v) is 3.05. The minimum absolute atomic E-state index is 0.235. The molecule has 0 amide bonds. The maximum Gasteiger partial charge on any atom is 0.341 e. The highest BCUT2D eigenvalue weighted by Crippen LogP contribution is 2.23. The summed E-state index contributed by atoms with van der Waals surface area (Å²) in [7, 11) is 0. The molecule has 1 aliphatic rings. The first-order valence-corrected chi connectivity index (χ1v) is 5.78. The van der Waals surface area contributed by atoms with Crippen LogP contribution in [0, 0.1) is 0 Å². The van der Waals surface area contributed by atoms with Crippen LogP contribution in [0.25, 0.3) is 0 Å². The summed E-state index contributed by atoms with van der Waals surface area (Å²) >= 11 is 11.5. The summed E-state index contributed by atoms with van der Waals surface area (Å²) in [5, 5.41) is 0.595. The lowest BCUT2D eigenvalue weighted by Gasteiger charge is -2.10. The summed E-state index contributed by atoms with van der Waals surface area (Å²) in [6, 6.07) is 4.35. The van der Waals surface area contributed by atoms with Crippen molar-refractivity contribution < 1.29 is 19.1 Å². The Kier molecular flexibility index (Phi) is 3.59. The Bertz CT molecular complexity index is 551. The van der Waals surface area contributed by atoms with E-state index in [0.717, 1.165) is 0 Å². The lowest BCUT2D eigenvalue weighted by atomic mass is 10.2. The Balaban J connectivity index is 2.09. The van der Waals surface area contributed by atoms with E-state index < -0.39 is 18.2 Å². The van der Waals surface area contributed by atoms with E-state index in [9.17, 15) is 9.59 Å². The Morgan fingerprint density at radius 3 is 2.61 bits per heavy atom. The largest absolute Gasteiger partial charge is 0.418 e. The van der Waals surface area contributed by atoms with Crippen LogP contribution in [-0.2, 0) is 14.3 Å². The molecule has 18 heavy (non-hydrogen) atoms. The molecule has 0 saturated carbocycles. The maximum atomic E-state index is 11.7. The average molecular weight is 287 g/mol. The van der Waals surface area contributed by atoms with Crippen LogP contribution in [-0.4, -0.2) is 18.2 Å². The second-order valence-corrected chi connectivity index (χ2v) is 4.47. The first kappa shape index (κ1) is 12.9. The number of carbonyl (C=O) groups is 2. The third kappa shape index (κ3) is 2.66. The third-order valence-electron chi connectivity index (χ3n) is 2.31. The minimum atomic E-state index is -0.987. The van der Waals surface area contributed by atoms with Crippen LogP contribution < -0.4 is 0 Å². The number of hydrogen-bond acceptors (Lipinski definition) is 4. The van der Waals surface area contributed by atoms with Crippen molar-refractivity contribution >= 4 is 35.1 Å². The van der Waals surface area contributed by atoms with E-state index in [-0.39, 0.29) is 10.6 Å². The molecule has 2 rings (SSSR count). The molecule has 1 aromatic rings. The van der Waals surface area contributed by atoms with Gasteiger partial charge in [-0.25, -0.2) is 9.59 Å². The van der Waals surface area contributed by atoms with Gasteiger partial charge in [-0.15, -0.1) is 0 Å². The molecule has 94 valence electrons. The summed E-state index contributed by atoms with van der Waals surface area (Å²) in [4.78, 5) is 22.8. The molecule has 0 saturated heterocycles. The fourth-order valence-corrected chi connectivity index (χ4v) is 1.66. The van der Waals surface area contributed by atoms with E-state index >= 15 is 0 Å². The number of cyclic esters (lactones) is 1. The molecule has 1 atom stereocenters. The smallest absolute Gasteiger partial charge is 0.341 e. The summed E-state index contributed by atoms with van der Waals surface area (Å²) in [5.41, 5.74) is 0.639. The monoisotopic (exact) mass is 286 g/mol. The summed E-state index contributed by atoms with van der Waals surface area (Å²) in [5.74, 6) is -1.14. The van der Waals surface area contributed by atoms with Crippen LogP contribution in [0.4, 0.5) is 0 Å². The van der Waals surface area contributed by atoms with Gasteiger partial charge in [-0.1, -0.05) is 23.2 Å². The van der Waals surface area contributed by atoms with E-state index in [1.807, 2.05) is 0 Å². The second kappa shape index (κ2) is 5.00. The van der Waals surface area contributed by atoms with Gasteiger partial charge in [0.1, 0.15) is 0 Å². The van der Waals surface area contributed by atoms with E-state index in [0.29, 0.717) is 10.6 Å². The fourth-order valence-electron chi connectivity index (χ4n) is 1.36. The van der Waals surface area contributed by atoms with Crippen molar-refractivity contribution in [2.45, 2.75) is 13.2 Å². The van der Waals surface area contributed by atoms with Crippen molar-refractivity contribution in [3.05, 3.63) is 45.5 Å². The number of hydrogen-bond donors (Lipinski definition) is 0. The molecule has 1 aliphatic heterocycles. The maximum absolute atomic E-state index is 11.7. The number of halogens is 2. The zero-order valence-corrected chi connectivity index (χ0v) is 10.8. The molecule has 1 heterocycles. The predicted octanol–water partition coefficient (Wildman–Crippen LogP) is 2.98. The van der Waals surface area contributed by atoms with E-state index in [2.05, 4.69) is 0 Å². The molecule has 0 bridgehead atoms. The quantitative estimate of drug-likeness (QED) is 0.785. The zero-order valence-electron chi connectivity index (χ0n) is 9.28. The molecule has 0 N–H and O–H groups in total. The van der Waals surface area contributed by atoms with Gasteiger partial charge in [0.05, 0.1) is 15.6 Å². The average Bonchev–Trinajstić information content (AvgIpc) is 2.61. The first-order chi connectivity index (χ1) is 8.47. The SMILES string of the molecule is CC1=CC(OC(=O)c2ccc(Cl)c(Cl)c2)OC1=O. The minimum Gasteiger partial charge on any atom is -0.418 e. The van der Waals surface area contributed by atoms with Gasteiger partial charge in [0.25, 0.3) is 6.29 Å². The van der Waals surface area contributed by atoms with Crippen molar-refractivity contribution in [2.75, 3.05) is 0 Å². The highest BCUT2D eigenvalue weighted by molar-refractivity contribution is 6.42. The number of ether oxygens (including phenoxy) is 2. The van der Waals surface area contributed by atoms with Gasteiger partial charge in [0.15, 0.2) is 0 Å². The number of carbonyl (C=O) groups excluding carboxylic acids is 2. The number of esters is 2. The summed E-state index contributed by atoms with van der Waals surface area (Å²) in [6.45, 7) is 1.58. The normalized spacial score (nSPS) is 18.3. The van der Waals surface area contributed by atoms with Gasteiger partial charge in [0, 0.05) is 11.6 Å². The van der Waals surface area contributed by atoms with Crippen LogP contribution in [0.2, 0.25) is 10.0 Å². The molecule has 1 aromatic carbocycles. The Morgan fingerprint density at radius 2 is 2.06 bits per heavy atom. The Morgan fingerprint density at radius 1 is 1.33 bits per heavy atom. The molecule has 0 aromatic heterocycles. The van der Waals surface area contributed by atoms with Gasteiger partial charge < -0.3 is 9.47 Å². The van der Waals surface area contributed by atoms with Gasteiger partial charge in [-0.2, -0.15) is 0 Å². The molecule has 0 radical (unpaired) electrons. The fraction of sp³-hybridized carbons (Fsp3) is 0.167. The van der Waals surface area contributed by atoms with E-state index in [1.165, 1.54) is 24.3 Å². The van der Waals surface area contributed by atoms with Crippen molar-refractivity contribution in [2.24, 2.45) is 0 Å². The zero-order chi connectivity index (χ0) is 13.3. The molecule has 4 nitrogen and oxygen atoms in total. The molecule has 6 heteroatoms. The van der Waals surface area contributed by atoms with Gasteiger partial charge in [-0.3, -0.25) is 0 Å². The van der Waals surface area contributed by atoms with Crippen LogP contribution >= 0.6 is 23.2 Å². The molecular formula is C12H8Cl2O4. The molecular weight excluding hydrogens is 279 g/mol. The lowest BCUT2D eigenvalue weighted by Crippen LogP contribution is -2.17. The topological polar surface area (TPSA) is 52.6 Å². The highest BCUT2D eigenvalue weighted by Gasteiger charge is 2.25. The van der Waals surface area contributed by atoms with Crippen LogP contribution in [0.5, 0.6) is 0 Å². The van der Waals surface area contributed by atoms with Gasteiger partial charge in [-0.05, 0) is 25.1 Å². The van der Waals surface area contributed by atoms with Crippen molar-refractivity contribution in [3.63, 3.8) is 0 Å². The van der Waals surface area contributed by atoms with Crippen molar-refractivity contribution in [3.8, 4) is 0 Å². The van der Waals surface area contributed by atoms with E-state index in [4.69, 9.17) is 32.7 Å². The Labute approximate surface area is 113 Å². The van der Waals surface area contributed by atoms with Gasteiger partial charge >= 0.3 is 11.9 Å². The predicted molar refractivity (Wildman–Crippen MR) is 65.5 cm³/mol. The first-order valence-electron chi connectivity index (χ1n) is 5.03. The lowest BCUT2D eigenvalue weighted by molar-refractivity contribution is -0.151. The standard InChI is InChI=1S/C12H8Cl2O4/c1-6-4-10(17-11(6)15)18-12(16)7-2-3-8(13)9(14)5-7/h2-5,10H,1H3.